The molecule has 3 nitrogen and oxygen atoms in total. The summed E-state index contributed by atoms with van der Waals surface area (Å²) < 4.78 is 5.35. The number of nitrogens with two attached hydrogens (primary N) is 1. The molecule has 0 spiro atoms. The first-order chi connectivity index (χ1) is 8.20. The monoisotopic (exact) mass is 248 g/mol. The van der Waals surface area contributed by atoms with Crippen LogP contribution < -0.4 is 10.5 Å². The van der Waals surface area contributed by atoms with Crippen molar-refractivity contribution in [1.29, 1.82) is 0 Å². The number of ether oxygens (including phenoxy) is 1. The van der Waals surface area contributed by atoms with Crippen molar-refractivity contribution in [2.75, 3.05) is 7.11 Å². The van der Waals surface area contributed by atoms with E-state index < -0.39 is 0 Å². The van der Waals surface area contributed by atoms with Gasteiger partial charge >= 0.3 is 0 Å². The number of hydrogen-bond acceptors (Lipinski definition) is 4. The minimum atomic E-state index is -0.0156. The first-order valence-corrected chi connectivity index (χ1v) is 6.36. The minimum absolute atomic E-state index is 0.0156. The molecule has 2 aromatic rings. The highest BCUT2D eigenvalue weighted by atomic mass is 32.1. The maximum atomic E-state index is 6.16. The Morgan fingerprint density at radius 1 is 1.47 bits per heavy atom. The SMILES string of the molecule is COc1ccc(C)cc1CC(N)c1cncs1. The number of methoxy groups -OCH3 is 1. The summed E-state index contributed by atoms with van der Waals surface area (Å²) in [5.74, 6) is 0.899. The van der Waals surface area contributed by atoms with Crippen LogP contribution in [0.3, 0.4) is 0 Å². The zero-order chi connectivity index (χ0) is 12.3. The van der Waals surface area contributed by atoms with Gasteiger partial charge in [-0.1, -0.05) is 17.7 Å². The highest BCUT2D eigenvalue weighted by Crippen LogP contribution is 2.26. The molecule has 17 heavy (non-hydrogen) atoms. The molecule has 1 aromatic heterocycles. The summed E-state index contributed by atoms with van der Waals surface area (Å²) in [7, 11) is 1.69. The smallest absolute Gasteiger partial charge is 0.122 e. The van der Waals surface area contributed by atoms with Crippen molar-refractivity contribution in [2.24, 2.45) is 5.73 Å². The van der Waals surface area contributed by atoms with Gasteiger partial charge in [-0.15, -0.1) is 11.3 Å². The van der Waals surface area contributed by atoms with Crippen LogP contribution in [0.4, 0.5) is 0 Å². The van der Waals surface area contributed by atoms with Crippen molar-refractivity contribution in [3.8, 4) is 5.75 Å². The van der Waals surface area contributed by atoms with E-state index in [1.54, 1.807) is 18.4 Å². The molecule has 1 unspecified atom stereocenters. The zero-order valence-electron chi connectivity index (χ0n) is 10.0. The van der Waals surface area contributed by atoms with E-state index in [9.17, 15) is 0 Å². The fraction of sp³-hybridized carbons (Fsp3) is 0.308. The third kappa shape index (κ3) is 2.84. The molecule has 0 amide bonds. The van der Waals surface area contributed by atoms with Crippen LogP contribution >= 0.6 is 11.3 Å². The van der Waals surface area contributed by atoms with E-state index in [-0.39, 0.29) is 6.04 Å². The number of thiazole rings is 1. The summed E-state index contributed by atoms with van der Waals surface area (Å²) in [5, 5.41) is 0. The van der Waals surface area contributed by atoms with Gasteiger partial charge < -0.3 is 10.5 Å². The molecule has 0 aliphatic carbocycles. The van der Waals surface area contributed by atoms with Crippen LogP contribution in [0.15, 0.2) is 29.9 Å². The molecule has 0 fully saturated rings. The molecule has 1 aromatic carbocycles. The molecule has 1 heterocycles. The number of nitrogens with zero attached hydrogens (tertiary/aromatic N) is 1. The predicted octanol–water partition coefficient (Wildman–Crippen LogP) is 2.70. The van der Waals surface area contributed by atoms with Crippen molar-refractivity contribution >= 4 is 11.3 Å². The van der Waals surface area contributed by atoms with Gasteiger partial charge in [0.05, 0.1) is 12.6 Å². The van der Waals surface area contributed by atoms with Gasteiger partial charge in [-0.05, 0) is 25.0 Å². The molecule has 0 aliphatic heterocycles. The highest BCUT2D eigenvalue weighted by molar-refractivity contribution is 7.09. The quantitative estimate of drug-likeness (QED) is 0.905. The summed E-state index contributed by atoms with van der Waals surface area (Å²) in [6.45, 7) is 2.07. The number of hydrogen-bond donors (Lipinski definition) is 1. The Kier molecular flexibility index (Phi) is 3.76. The molecule has 2 rings (SSSR count). The molecule has 0 saturated heterocycles. The van der Waals surface area contributed by atoms with Crippen LogP contribution in [0.2, 0.25) is 0 Å². The second kappa shape index (κ2) is 5.29. The summed E-state index contributed by atoms with van der Waals surface area (Å²) in [6.07, 6.45) is 2.60. The predicted molar refractivity (Wildman–Crippen MR) is 70.5 cm³/mol. The van der Waals surface area contributed by atoms with E-state index in [1.165, 1.54) is 5.56 Å². The highest BCUT2D eigenvalue weighted by Gasteiger charge is 2.12. The zero-order valence-corrected chi connectivity index (χ0v) is 10.8. The lowest BCUT2D eigenvalue weighted by molar-refractivity contribution is 0.408. The van der Waals surface area contributed by atoms with Crippen molar-refractivity contribution in [2.45, 2.75) is 19.4 Å². The van der Waals surface area contributed by atoms with Gasteiger partial charge in [0.15, 0.2) is 0 Å². The van der Waals surface area contributed by atoms with Gasteiger partial charge in [0.1, 0.15) is 5.75 Å². The number of aromatic nitrogens is 1. The molecule has 0 bridgehead atoms. The Hall–Kier alpha value is -1.39. The summed E-state index contributed by atoms with van der Waals surface area (Å²) in [4.78, 5) is 5.16. The minimum Gasteiger partial charge on any atom is -0.496 e. The van der Waals surface area contributed by atoms with E-state index in [0.717, 1.165) is 22.6 Å². The summed E-state index contributed by atoms with van der Waals surface area (Å²) >= 11 is 1.59. The van der Waals surface area contributed by atoms with Crippen molar-refractivity contribution in [3.63, 3.8) is 0 Å². The van der Waals surface area contributed by atoms with Gasteiger partial charge in [0, 0.05) is 17.1 Å². The lowest BCUT2D eigenvalue weighted by atomic mass is 10.0. The first-order valence-electron chi connectivity index (χ1n) is 5.48. The van der Waals surface area contributed by atoms with Crippen LogP contribution in [0.5, 0.6) is 5.75 Å². The van der Waals surface area contributed by atoms with Crippen molar-refractivity contribution < 1.29 is 4.74 Å². The molecule has 4 heteroatoms. The second-order valence-corrected chi connectivity index (χ2v) is 4.95. The van der Waals surface area contributed by atoms with Gasteiger partial charge in [-0.25, -0.2) is 0 Å². The standard InChI is InChI=1S/C13H16N2OS/c1-9-3-4-12(16-2)10(5-9)6-11(14)13-7-15-8-17-13/h3-5,7-8,11H,6,14H2,1-2H3. The Morgan fingerprint density at radius 3 is 2.94 bits per heavy atom. The largest absolute Gasteiger partial charge is 0.496 e. The van der Waals surface area contributed by atoms with E-state index in [1.807, 2.05) is 23.8 Å². The summed E-state index contributed by atoms with van der Waals surface area (Å²) in [6, 6.07) is 6.14. The van der Waals surface area contributed by atoms with Crippen LogP contribution in [0.1, 0.15) is 22.0 Å². The lowest BCUT2D eigenvalue weighted by Crippen LogP contribution is -2.12. The Morgan fingerprint density at radius 2 is 2.29 bits per heavy atom. The average Bonchev–Trinajstić information content (AvgIpc) is 2.83. The maximum absolute atomic E-state index is 6.16. The Labute approximate surface area is 105 Å². The number of aryl methyl sites for hydroxylation is 1. The summed E-state index contributed by atoms with van der Waals surface area (Å²) in [5.41, 5.74) is 10.3. The fourth-order valence-corrected chi connectivity index (χ4v) is 2.44. The van der Waals surface area contributed by atoms with Crippen molar-refractivity contribution in [1.82, 2.24) is 4.98 Å². The normalized spacial score (nSPS) is 12.4. The molecule has 0 saturated carbocycles. The Bertz CT molecular complexity index is 482. The van der Waals surface area contributed by atoms with Crippen LogP contribution in [-0.2, 0) is 6.42 Å². The molecular weight excluding hydrogens is 232 g/mol. The van der Waals surface area contributed by atoms with Crippen LogP contribution in [0.25, 0.3) is 0 Å². The van der Waals surface area contributed by atoms with E-state index in [0.29, 0.717) is 0 Å². The van der Waals surface area contributed by atoms with Gasteiger partial charge in [0.25, 0.3) is 0 Å². The third-order valence-corrected chi connectivity index (χ3v) is 3.60. The van der Waals surface area contributed by atoms with Gasteiger partial charge in [-0.3, -0.25) is 4.98 Å². The molecule has 1 atom stereocenters. The second-order valence-electron chi connectivity index (χ2n) is 4.03. The van der Waals surface area contributed by atoms with E-state index >= 15 is 0 Å². The average molecular weight is 248 g/mol. The number of rotatable bonds is 4. The van der Waals surface area contributed by atoms with Crippen LogP contribution in [-0.4, -0.2) is 12.1 Å². The molecule has 0 radical (unpaired) electrons. The third-order valence-electron chi connectivity index (χ3n) is 2.69. The molecule has 90 valence electrons. The molecule has 2 N–H and O–H groups in total. The van der Waals surface area contributed by atoms with Crippen molar-refractivity contribution in [3.05, 3.63) is 45.9 Å². The number of benzene rings is 1. The maximum Gasteiger partial charge on any atom is 0.122 e. The van der Waals surface area contributed by atoms with Crippen LogP contribution in [0, 0.1) is 6.92 Å². The van der Waals surface area contributed by atoms with E-state index in [4.69, 9.17) is 10.5 Å². The molecule has 0 aliphatic rings. The lowest BCUT2D eigenvalue weighted by Gasteiger charge is -2.13. The first kappa shape index (κ1) is 12.1. The Balaban J connectivity index is 2.20. The van der Waals surface area contributed by atoms with E-state index in [2.05, 4.69) is 18.0 Å². The topological polar surface area (TPSA) is 48.1 Å². The van der Waals surface area contributed by atoms with Gasteiger partial charge in [0.2, 0.25) is 0 Å². The van der Waals surface area contributed by atoms with Gasteiger partial charge in [-0.2, -0.15) is 0 Å². The fourth-order valence-electron chi connectivity index (χ4n) is 1.81. The molecular formula is C13H16N2OS.